The Labute approximate surface area is 116 Å². The number of nitrogens with one attached hydrogen (secondary N) is 1. The fourth-order valence-corrected chi connectivity index (χ4v) is 4.44. The maximum Gasteiger partial charge on any atom is 0.157 e. The lowest BCUT2D eigenvalue weighted by Gasteiger charge is -2.28. The Kier molecular flexibility index (Phi) is 5.40. The summed E-state index contributed by atoms with van der Waals surface area (Å²) in [6.45, 7) is 7.96. The van der Waals surface area contributed by atoms with Crippen LogP contribution >= 0.6 is 11.8 Å². The molecule has 0 aromatic carbocycles. The van der Waals surface area contributed by atoms with Gasteiger partial charge in [0.1, 0.15) is 0 Å². The summed E-state index contributed by atoms with van der Waals surface area (Å²) in [7, 11) is 0. The van der Waals surface area contributed by atoms with Crippen molar-refractivity contribution in [3.8, 4) is 0 Å². The minimum absolute atomic E-state index is 0.606. The number of amidine groups is 1. The SMILES string of the molecule is CC(C)CC1CN=C(NC(C)C2CCCCC2)S1. The maximum absolute atomic E-state index is 4.67. The second kappa shape index (κ2) is 6.83. The lowest BCUT2D eigenvalue weighted by molar-refractivity contribution is 0.302. The summed E-state index contributed by atoms with van der Waals surface area (Å²) in [5.41, 5.74) is 0. The zero-order chi connectivity index (χ0) is 13.0. The molecule has 0 spiro atoms. The molecule has 0 bridgehead atoms. The van der Waals surface area contributed by atoms with E-state index in [2.05, 4.69) is 31.1 Å². The zero-order valence-electron chi connectivity index (χ0n) is 12.1. The largest absolute Gasteiger partial charge is 0.362 e. The standard InChI is InChI=1S/C15H28N2S/c1-11(2)9-14-10-16-15(18-14)17-12(3)13-7-5-4-6-8-13/h11-14H,4-10H2,1-3H3,(H,16,17). The van der Waals surface area contributed by atoms with Crippen molar-refractivity contribution in [2.45, 2.75) is 70.6 Å². The Balaban J connectivity index is 1.73. The average Bonchev–Trinajstić information content (AvgIpc) is 2.76. The van der Waals surface area contributed by atoms with Crippen LogP contribution in [-0.2, 0) is 0 Å². The molecule has 2 atom stereocenters. The summed E-state index contributed by atoms with van der Waals surface area (Å²) in [4.78, 5) is 4.67. The fourth-order valence-electron chi connectivity index (χ4n) is 3.09. The average molecular weight is 268 g/mol. The molecule has 104 valence electrons. The highest BCUT2D eigenvalue weighted by Crippen LogP contribution is 2.29. The summed E-state index contributed by atoms with van der Waals surface area (Å²) < 4.78 is 0. The van der Waals surface area contributed by atoms with Crippen molar-refractivity contribution in [3.05, 3.63) is 0 Å². The van der Waals surface area contributed by atoms with Crippen molar-refractivity contribution in [2.24, 2.45) is 16.8 Å². The summed E-state index contributed by atoms with van der Waals surface area (Å²) in [6, 6.07) is 0.606. The first-order valence-corrected chi connectivity index (χ1v) is 8.50. The van der Waals surface area contributed by atoms with Gasteiger partial charge in [0.05, 0.1) is 6.54 Å². The number of thioether (sulfide) groups is 1. The molecule has 0 aromatic heterocycles. The van der Waals surface area contributed by atoms with E-state index in [4.69, 9.17) is 0 Å². The molecule has 1 fully saturated rings. The van der Waals surface area contributed by atoms with E-state index in [1.54, 1.807) is 0 Å². The molecule has 1 N–H and O–H groups in total. The molecular weight excluding hydrogens is 240 g/mol. The lowest BCUT2D eigenvalue weighted by atomic mass is 9.85. The molecule has 0 saturated heterocycles. The van der Waals surface area contributed by atoms with E-state index in [1.807, 2.05) is 11.8 Å². The minimum Gasteiger partial charge on any atom is -0.362 e. The Hall–Kier alpha value is -0.180. The molecule has 2 unspecified atom stereocenters. The van der Waals surface area contributed by atoms with Gasteiger partial charge in [-0.05, 0) is 38.0 Å². The van der Waals surface area contributed by atoms with Crippen LogP contribution in [0, 0.1) is 11.8 Å². The van der Waals surface area contributed by atoms with E-state index in [0.717, 1.165) is 18.4 Å². The van der Waals surface area contributed by atoms with E-state index in [1.165, 1.54) is 43.7 Å². The van der Waals surface area contributed by atoms with Gasteiger partial charge in [0.2, 0.25) is 0 Å². The van der Waals surface area contributed by atoms with E-state index in [9.17, 15) is 0 Å². The molecule has 2 rings (SSSR count). The van der Waals surface area contributed by atoms with Crippen LogP contribution in [0.2, 0.25) is 0 Å². The quantitative estimate of drug-likeness (QED) is 0.831. The van der Waals surface area contributed by atoms with Crippen LogP contribution in [-0.4, -0.2) is 23.0 Å². The van der Waals surface area contributed by atoms with E-state index in [0.29, 0.717) is 11.3 Å². The van der Waals surface area contributed by atoms with E-state index >= 15 is 0 Å². The van der Waals surface area contributed by atoms with Gasteiger partial charge in [-0.1, -0.05) is 44.9 Å². The number of rotatable bonds is 4. The normalized spacial score (nSPS) is 27.3. The molecule has 3 heteroatoms. The van der Waals surface area contributed by atoms with Gasteiger partial charge >= 0.3 is 0 Å². The Bertz CT molecular complexity index is 282. The molecule has 1 heterocycles. The first-order valence-electron chi connectivity index (χ1n) is 7.62. The zero-order valence-corrected chi connectivity index (χ0v) is 12.9. The van der Waals surface area contributed by atoms with Crippen LogP contribution in [0.3, 0.4) is 0 Å². The molecule has 2 nitrogen and oxygen atoms in total. The Morgan fingerprint density at radius 3 is 2.61 bits per heavy atom. The van der Waals surface area contributed by atoms with Gasteiger partial charge in [-0.15, -0.1) is 0 Å². The van der Waals surface area contributed by atoms with Crippen molar-refractivity contribution in [3.63, 3.8) is 0 Å². The Morgan fingerprint density at radius 2 is 1.94 bits per heavy atom. The predicted molar refractivity (Wildman–Crippen MR) is 82.3 cm³/mol. The van der Waals surface area contributed by atoms with Gasteiger partial charge in [0, 0.05) is 11.3 Å². The van der Waals surface area contributed by atoms with Crippen LogP contribution in [0.4, 0.5) is 0 Å². The molecule has 0 amide bonds. The van der Waals surface area contributed by atoms with Crippen LogP contribution in [0.15, 0.2) is 4.99 Å². The third-order valence-electron chi connectivity index (χ3n) is 4.16. The number of hydrogen-bond donors (Lipinski definition) is 1. The van der Waals surface area contributed by atoms with E-state index < -0.39 is 0 Å². The van der Waals surface area contributed by atoms with Crippen molar-refractivity contribution < 1.29 is 0 Å². The van der Waals surface area contributed by atoms with Gasteiger partial charge in [-0.25, -0.2) is 0 Å². The van der Waals surface area contributed by atoms with Gasteiger partial charge < -0.3 is 5.32 Å². The molecule has 2 aliphatic rings. The number of hydrogen-bond acceptors (Lipinski definition) is 3. The highest BCUT2D eigenvalue weighted by atomic mass is 32.2. The third kappa shape index (κ3) is 4.18. The van der Waals surface area contributed by atoms with Gasteiger partial charge in [-0.3, -0.25) is 4.99 Å². The maximum atomic E-state index is 4.67. The first kappa shape index (κ1) is 14.2. The van der Waals surface area contributed by atoms with Crippen LogP contribution in [0.25, 0.3) is 0 Å². The highest BCUT2D eigenvalue weighted by Gasteiger charge is 2.25. The summed E-state index contributed by atoms with van der Waals surface area (Å²) in [5.74, 6) is 1.65. The smallest absolute Gasteiger partial charge is 0.157 e. The topological polar surface area (TPSA) is 24.4 Å². The predicted octanol–water partition coefficient (Wildman–Crippen LogP) is 4.06. The van der Waals surface area contributed by atoms with Crippen LogP contribution in [0.5, 0.6) is 0 Å². The molecule has 0 aromatic rings. The second-order valence-corrected chi connectivity index (χ2v) is 7.64. The van der Waals surface area contributed by atoms with Crippen molar-refractivity contribution in [1.29, 1.82) is 0 Å². The van der Waals surface area contributed by atoms with Crippen molar-refractivity contribution in [2.75, 3.05) is 6.54 Å². The van der Waals surface area contributed by atoms with Gasteiger partial charge in [0.25, 0.3) is 0 Å². The van der Waals surface area contributed by atoms with E-state index in [-0.39, 0.29) is 0 Å². The van der Waals surface area contributed by atoms with Crippen LogP contribution in [0.1, 0.15) is 59.3 Å². The minimum atomic E-state index is 0.606. The molecule has 0 radical (unpaired) electrons. The highest BCUT2D eigenvalue weighted by molar-refractivity contribution is 8.14. The number of nitrogens with zero attached hydrogens (tertiary/aromatic N) is 1. The molecule has 1 aliphatic carbocycles. The first-order chi connectivity index (χ1) is 8.65. The fraction of sp³-hybridized carbons (Fsp3) is 0.933. The monoisotopic (exact) mass is 268 g/mol. The summed E-state index contributed by atoms with van der Waals surface area (Å²) in [6.07, 6.45) is 8.38. The summed E-state index contributed by atoms with van der Waals surface area (Å²) >= 11 is 1.97. The Morgan fingerprint density at radius 1 is 1.22 bits per heavy atom. The third-order valence-corrected chi connectivity index (χ3v) is 5.30. The molecular formula is C15H28N2S. The molecule has 1 saturated carbocycles. The van der Waals surface area contributed by atoms with Gasteiger partial charge in [-0.2, -0.15) is 0 Å². The summed E-state index contributed by atoms with van der Waals surface area (Å²) in [5, 5.41) is 5.59. The van der Waals surface area contributed by atoms with Crippen LogP contribution < -0.4 is 5.32 Å². The number of aliphatic imine (C=N–C) groups is 1. The van der Waals surface area contributed by atoms with Crippen molar-refractivity contribution in [1.82, 2.24) is 5.32 Å². The van der Waals surface area contributed by atoms with Crippen molar-refractivity contribution >= 4 is 16.9 Å². The molecule has 18 heavy (non-hydrogen) atoms. The molecule has 1 aliphatic heterocycles. The second-order valence-electron chi connectivity index (χ2n) is 6.35. The lowest BCUT2D eigenvalue weighted by Crippen LogP contribution is -2.37. The van der Waals surface area contributed by atoms with Gasteiger partial charge in [0.15, 0.2) is 5.17 Å².